The predicted molar refractivity (Wildman–Crippen MR) is 71.6 cm³/mol. The van der Waals surface area contributed by atoms with E-state index >= 15 is 0 Å². The number of hydrogen-bond donors (Lipinski definition) is 2. The molecule has 0 radical (unpaired) electrons. The molecule has 0 aliphatic heterocycles. The topological polar surface area (TPSA) is 62.2 Å². The summed E-state index contributed by atoms with van der Waals surface area (Å²) in [4.78, 5) is 15.2. The summed E-state index contributed by atoms with van der Waals surface area (Å²) in [6, 6.07) is 6.96. The summed E-state index contributed by atoms with van der Waals surface area (Å²) in [6.45, 7) is 2.11. The number of phenolic OH excluding ortho intramolecular Hbond substituents is 1. The minimum Gasteiger partial charge on any atom is -0.508 e. The van der Waals surface area contributed by atoms with Crippen LogP contribution in [0.25, 0.3) is 11.3 Å². The van der Waals surface area contributed by atoms with Crippen molar-refractivity contribution in [1.29, 1.82) is 0 Å². The molecule has 2 aromatic rings. The summed E-state index contributed by atoms with van der Waals surface area (Å²) in [6.07, 6.45) is 0.738. The smallest absolute Gasteiger partial charge is 0.216 e. The minimum atomic E-state index is -0.0229. The van der Waals surface area contributed by atoms with E-state index < -0.39 is 0 Å². The third kappa shape index (κ3) is 3.30. The van der Waals surface area contributed by atoms with Crippen molar-refractivity contribution in [2.45, 2.75) is 13.3 Å². The van der Waals surface area contributed by atoms with Gasteiger partial charge >= 0.3 is 0 Å². The van der Waals surface area contributed by atoms with E-state index in [1.807, 2.05) is 17.5 Å². The van der Waals surface area contributed by atoms with Gasteiger partial charge in [-0.3, -0.25) is 4.79 Å². The van der Waals surface area contributed by atoms with Gasteiger partial charge < -0.3 is 10.4 Å². The Bertz CT molecular complexity index is 534. The standard InChI is InChI=1S/C13H14N2O2S/c1-9(16)14-7-6-13-15-12(8-18-13)10-2-4-11(17)5-3-10/h2-5,8,17H,6-7H2,1H3,(H,14,16). The van der Waals surface area contributed by atoms with Gasteiger partial charge in [0.2, 0.25) is 5.91 Å². The highest BCUT2D eigenvalue weighted by atomic mass is 32.1. The van der Waals surface area contributed by atoms with E-state index in [1.165, 1.54) is 6.92 Å². The number of nitrogens with one attached hydrogen (secondary N) is 1. The summed E-state index contributed by atoms with van der Waals surface area (Å²) >= 11 is 1.58. The van der Waals surface area contributed by atoms with Crippen LogP contribution in [-0.4, -0.2) is 22.5 Å². The van der Waals surface area contributed by atoms with Crippen molar-refractivity contribution < 1.29 is 9.90 Å². The van der Waals surface area contributed by atoms with E-state index in [9.17, 15) is 9.90 Å². The van der Waals surface area contributed by atoms with Gasteiger partial charge in [-0.15, -0.1) is 11.3 Å². The molecule has 0 aliphatic carbocycles. The third-order valence-electron chi connectivity index (χ3n) is 2.43. The lowest BCUT2D eigenvalue weighted by Gasteiger charge is -1.99. The molecule has 1 amide bonds. The zero-order valence-electron chi connectivity index (χ0n) is 10.0. The first-order valence-corrected chi connectivity index (χ1v) is 6.51. The number of aromatic hydroxyl groups is 1. The number of rotatable bonds is 4. The molecule has 0 saturated carbocycles. The van der Waals surface area contributed by atoms with Crippen molar-refractivity contribution in [2.24, 2.45) is 0 Å². The lowest BCUT2D eigenvalue weighted by molar-refractivity contribution is -0.118. The predicted octanol–water partition coefficient (Wildman–Crippen LogP) is 2.19. The van der Waals surface area contributed by atoms with Gasteiger partial charge in [0.25, 0.3) is 0 Å². The SMILES string of the molecule is CC(=O)NCCc1nc(-c2ccc(O)cc2)cs1. The zero-order chi connectivity index (χ0) is 13.0. The molecule has 0 saturated heterocycles. The van der Waals surface area contributed by atoms with Gasteiger partial charge in [0.15, 0.2) is 0 Å². The van der Waals surface area contributed by atoms with Gasteiger partial charge in [-0.05, 0) is 24.3 Å². The van der Waals surface area contributed by atoms with Crippen LogP contribution in [-0.2, 0) is 11.2 Å². The summed E-state index contributed by atoms with van der Waals surface area (Å²) in [5.74, 6) is 0.227. The third-order valence-corrected chi connectivity index (χ3v) is 3.34. The lowest BCUT2D eigenvalue weighted by atomic mass is 10.2. The molecule has 4 nitrogen and oxygen atoms in total. The van der Waals surface area contributed by atoms with Crippen LogP contribution in [0.3, 0.4) is 0 Å². The molecule has 94 valence electrons. The Morgan fingerprint density at radius 1 is 1.39 bits per heavy atom. The molecule has 2 N–H and O–H groups in total. The zero-order valence-corrected chi connectivity index (χ0v) is 10.8. The van der Waals surface area contributed by atoms with E-state index in [4.69, 9.17) is 0 Å². The number of aromatic nitrogens is 1. The molecule has 1 heterocycles. The normalized spacial score (nSPS) is 10.3. The first-order valence-electron chi connectivity index (χ1n) is 5.63. The minimum absolute atomic E-state index is 0.0229. The fourth-order valence-electron chi connectivity index (χ4n) is 1.54. The second-order valence-corrected chi connectivity index (χ2v) is 4.85. The Labute approximate surface area is 109 Å². The van der Waals surface area contributed by atoms with E-state index in [0.717, 1.165) is 22.7 Å². The number of carbonyl (C=O) groups excluding carboxylic acids is 1. The molecule has 1 aromatic heterocycles. The van der Waals surface area contributed by atoms with Crippen LogP contribution in [0.4, 0.5) is 0 Å². The molecular weight excluding hydrogens is 248 g/mol. The molecule has 0 aliphatic rings. The Kier molecular flexibility index (Phi) is 3.94. The molecule has 0 fully saturated rings. The Balaban J connectivity index is 2.01. The van der Waals surface area contributed by atoms with Gasteiger partial charge in [-0.1, -0.05) is 0 Å². The maximum atomic E-state index is 10.7. The lowest BCUT2D eigenvalue weighted by Crippen LogP contribution is -2.22. The molecule has 1 aromatic carbocycles. The first-order chi connectivity index (χ1) is 8.65. The van der Waals surface area contributed by atoms with Crippen molar-refractivity contribution in [3.05, 3.63) is 34.7 Å². The van der Waals surface area contributed by atoms with Crippen molar-refractivity contribution in [2.75, 3.05) is 6.54 Å². The summed E-state index contributed by atoms with van der Waals surface area (Å²) in [5, 5.41) is 14.9. The molecule has 0 unspecified atom stereocenters. The Morgan fingerprint density at radius 2 is 2.11 bits per heavy atom. The number of hydrogen-bond acceptors (Lipinski definition) is 4. The van der Waals surface area contributed by atoms with Crippen LogP contribution in [0.15, 0.2) is 29.6 Å². The van der Waals surface area contributed by atoms with E-state index in [-0.39, 0.29) is 11.7 Å². The van der Waals surface area contributed by atoms with Crippen LogP contribution < -0.4 is 5.32 Å². The van der Waals surface area contributed by atoms with Crippen molar-refractivity contribution >= 4 is 17.2 Å². The van der Waals surface area contributed by atoms with Crippen molar-refractivity contribution in [3.8, 4) is 17.0 Å². The van der Waals surface area contributed by atoms with Crippen LogP contribution in [0.5, 0.6) is 5.75 Å². The first kappa shape index (κ1) is 12.6. The molecule has 0 atom stereocenters. The van der Waals surface area contributed by atoms with Crippen LogP contribution in [0.2, 0.25) is 0 Å². The molecular formula is C13H14N2O2S. The molecule has 0 spiro atoms. The maximum Gasteiger partial charge on any atom is 0.216 e. The van der Waals surface area contributed by atoms with E-state index in [1.54, 1.807) is 23.5 Å². The number of nitrogens with zero attached hydrogens (tertiary/aromatic N) is 1. The highest BCUT2D eigenvalue weighted by Gasteiger charge is 2.04. The second-order valence-electron chi connectivity index (χ2n) is 3.91. The van der Waals surface area contributed by atoms with Gasteiger partial charge in [-0.2, -0.15) is 0 Å². The Hall–Kier alpha value is -1.88. The number of phenols is 1. The van der Waals surface area contributed by atoms with E-state index in [0.29, 0.717) is 6.54 Å². The molecule has 5 heteroatoms. The van der Waals surface area contributed by atoms with Gasteiger partial charge in [0, 0.05) is 30.8 Å². The van der Waals surface area contributed by atoms with Gasteiger partial charge in [0.1, 0.15) is 5.75 Å². The fraction of sp³-hybridized carbons (Fsp3) is 0.231. The quantitative estimate of drug-likeness (QED) is 0.888. The summed E-state index contributed by atoms with van der Waals surface area (Å²) in [5.41, 5.74) is 1.88. The van der Waals surface area contributed by atoms with E-state index in [2.05, 4.69) is 10.3 Å². The number of thiazole rings is 1. The molecule has 0 bridgehead atoms. The van der Waals surface area contributed by atoms with Crippen LogP contribution in [0.1, 0.15) is 11.9 Å². The highest BCUT2D eigenvalue weighted by molar-refractivity contribution is 7.09. The van der Waals surface area contributed by atoms with Crippen LogP contribution >= 0.6 is 11.3 Å². The highest BCUT2D eigenvalue weighted by Crippen LogP contribution is 2.23. The fourth-order valence-corrected chi connectivity index (χ4v) is 2.34. The van der Waals surface area contributed by atoms with Gasteiger partial charge in [0.05, 0.1) is 10.7 Å². The monoisotopic (exact) mass is 262 g/mol. The van der Waals surface area contributed by atoms with Crippen LogP contribution in [0, 0.1) is 0 Å². The maximum absolute atomic E-state index is 10.7. The molecule has 2 rings (SSSR count). The second kappa shape index (κ2) is 5.64. The Morgan fingerprint density at radius 3 is 2.78 bits per heavy atom. The average molecular weight is 262 g/mol. The number of benzene rings is 1. The summed E-state index contributed by atoms with van der Waals surface area (Å²) < 4.78 is 0. The number of carbonyl (C=O) groups is 1. The van der Waals surface area contributed by atoms with Crippen molar-refractivity contribution in [3.63, 3.8) is 0 Å². The average Bonchev–Trinajstić information content (AvgIpc) is 2.78. The molecule has 18 heavy (non-hydrogen) atoms. The largest absolute Gasteiger partial charge is 0.508 e. The van der Waals surface area contributed by atoms with Crippen molar-refractivity contribution in [1.82, 2.24) is 10.3 Å². The summed E-state index contributed by atoms with van der Waals surface area (Å²) in [7, 11) is 0. The number of amides is 1. The van der Waals surface area contributed by atoms with Gasteiger partial charge in [-0.25, -0.2) is 4.98 Å².